The van der Waals surface area contributed by atoms with Crippen molar-refractivity contribution in [1.29, 1.82) is 0 Å². The predicted molar refractivity (Wildman–Crippen MR) is 102 cm³/mol. The van der Waals surface area contributed by atoms with Crippen molar-refractivity contribution in [2.45, 2.75) is 19.5 Å². The Labute approximate surface area is 159 Å². The van der Waals surface area contributed by atoms with E-state index >= 15 is 0 Å². The Balaban J connectivity index is 1.55. The molecular formula is C18H17ClN4O2S. The summed E-state index contributed by atoms with van der Waals surface area (Å²) in [7, 11) is 1.54. The molecule has 0 saturated carbocycles. The molecule has 0 saturated heterocycles. The fourth-order valence-corrected chi connectivity index (χ4v) is 4.04. The number of methoxy groups -OCH3 is 1. The topological polar surface area (TPSA) is 71.1 Å². The van der Waals surface area contributed by atoms with Crippen LogP contribution in [0, 0.1) is 0 Å². The molecule has 0 aliphatic carbocycles. The van der Waals surface area contributed by atoms with Crippen molar-refractivity contribution in [2.75, 3.05) is 13.7 Å². The molecule has 4 rings (SSSR count). The van der Waals surface area contributed by atoms with Crippen LogP contribution in [-0.4, -0.2) is 33.5 Å². The summed E-state index contributed by atoms with van der Waals surface area (Å²) >= 11 is 7.72. The molecular weight excluding hydrogens is 372 g/mol. The Morgan fingerprint density at radius 1 is 1.46 bits per heavy atom. The summed E-state index contributed by atoms with van der Waals surface area (Å²) in [5.41, 5.74) is 2.55. The van der Waals surface area contributed by atoms with Gasteiger partial charge < -0.3 is 9.72 Å². The quantitative estimate of drug-likeness (QED) is 0.743. The minimum absolute atomic E-state index is 0.0611. The Hall–Kier alpha value is -2.22. The molecule has 0 unspecified atom stereocenters. The van der Waals surface area contributed by atoms with Gasteiger partial charge in [0.15, 0.2) is 5.82 Å². The third-order valence-electron chi connectivity index (χ3n) is 4.37. The molecule has 3 aromatic heterocycles. The van der Waals surface area contributed by atoms with Gasteiger partial charge in [-0.15, -0.1) is 11.3 Å². The number of fused-ring (bicyclic) bond motifs is 1. The van der Waals surface area contributed by atoms with Gasteiger partial charge in [-0.2, -0.15) is 0 Å². The lowest BCUT2D eigenvalue weighted by Crippen LogP contribution is -2.35. The summed E-state index contributed by atoms with van der Waals surface area (Å²) < 4.78 is 5.08. The summed E-state index contributed by atoms with van der Waals surface area (Å²) in [5.74, 6) is 1.07. The van der Waals surface area contributed by atoms with Crippen LogP contribution < -0.4 is 10.3 Å². The van der Waals surface area contributed by atoms with Crippen LogP contribution in [-0.2, 0) is 19.5 Å². The van der Waals surface area contributed by atoms with E-state index in [9.17, 15) is 4.79 Å². The minimum Gasteiger partial charge on any atom is -0.480 e. The number of H-pyrrole nitrogens is 1. The van der Waals surface area contributed by atoms with Crippen molar-refractivity contribution in [3.8, 4) is 16.6 Å². The van der Waals surface area contributed by atoms with Crippen molar-refractivity contribution in [1.82, 2.24) is 19.9 Å². The van der Waals surface area contributed by atoms with Crippen molar-refractivity contribution < 1.29 is 4.74 Å². The lowest BCUT2D eigenvalue weighted by atomic mass is 10.1. The number of pyridine rings is 1. The molecule has 134 valence electrons. The van der Waals surface area contributed by atoms with E-state index in [0.717, 1.165) is 34.7 Å². The van der Waals surface area contributed by atoms with E-state index in [-0.39, 0.29) is 5.56 Å². The standard InChI is InChI=1S/C18H17ClN4O2S/c1-25-18-13(19)7-11(8-20-18)9-23-5-4-14-12(10-23)17(24)22-16(21-14)15-3-2-6-26-15/h2-3,6-8H,4-5,9-10H2,1H3,(H,21,22,24). The molecule has 1 aliphatic rings. The van der Waals surface area contributed by atoms with Crippen molar-refractivity contribution in [3.63, 3.8) is 0 Å². The minimum atomic E-state index is -0.0611. The van der Waals surface area contributed by atoms with Crippen LogP contribution in [0.4, 0.5) is 0 Å². The normalized spacial score (nSPS) is 14.2. The summed E-state index contributed by atoms with van der Waals surface area (Å²) in [6, 6.07) is 5.77. The second kappa shape index (κ2) is 7.19. The lowest BCUT2D eigenvalue weighted by Gasteiger charge is -2.27. The number of aromatic nitrogens is 3. The highest BCUT2D eigenvalue weighted by Crippen LogP contribution is 2.25. The fraction of sp³-hybridized carbons (Fsp3) is 0.278. The molecule has 4 heterocycles. The van der Waals surface area contributed by atoms with Gasteiger partial charge >= 0.3 is 0 Å². The highest BCUT2D eigenvalue weighted by atomic mass is 35.5. The average molecular weight is 389 g/mol. The van der Waals surface area contributed by atoms with Gasteiger partial charge in [-0.25, -0.2) is 9.97 Å². The number of nitrogens with zero attached hydrogens (tertiary/aromatic N) is 3. The first-order chi connectivity index (χ1) is 12.6. The smallest absolute Gasteiger partial charge is 0.255 e. The Bertz CT molecular complexity index is 987. The van der Waals surface area contributed by atoms with Crippen molar-refractivity contribution in [3.05, 3.63) is 62.0 Å². The molecule has 0 aromatic carbocycles. The van der Waals surface area contributed by atoms with E-state index < -0.39 is 0 Å². The second-order valence-electron chi connectivity index (χ2n) is 6.11. The van der Waals surface area contributed by atoms with Crippen LogP contribution in [0.2, 0.25) is 5.02 Å². The van der Waals surface area contributed by atoms with Crippen molar-refractivity contribution >= 4 is 22.9 Å². The zero-order chi connectivity index (χ0) is 18.1. The van der Waals surface area contributed by atoms with E-state index in [0.29, 0.717) is 29.8 Å². The maximum absolute atomic E-state index is 12.5. The summed E-state index contributed by atoms with van der Waals surface area (Å²) in [5, 5.41) is 2.47. The Morgan fingerprint density at radius 3 is 3.08 bits per heavy atom. The number of aromatic amines is 1. The number of thiophene rings is 1. The van der Waals surface area contributed by atoms with E-state index in [1.54, 1.807) is 24.6 Å². The lowest BCUT2D eigenvalue weighted by molar-refractivity contribution is 0.241. The van der Waals surface area contributed by atoms with E-state index in [1.165, 1.54) is 0 Å². The first-order valence-corrected chi connectivity index (χ1v) is 9.46. The molecule has 0 radical (unpaired) electrons. The maximum Gasteiger partial charge on any atom is 0.255 e. The summed E-state index contributed by atoms with van der Waals surface area (Å²) in [4.78, 5) is 27.5. The number of hydrogen-bond donors (Lipinski definition) is 1. The van der Waals surface area contributed by atoms with Gasteiger partial charge in [-0.05, 0) is 23.1 Å². The molecule has 0 fully saturated rings. The molecule has 0 bridgehead atoms. The molecule has 1 aliphatic heterocycles. The average Bonchev–Trinajstić information content (AvgIpc) is 3.17. The largest absolute Gasteiger partial charge is 0.480 e. The van der Waals surface area contributed by atoms with Crippen LogP contribution in [0.3, 0.4) is 0 Å². The third-order valence-corrected chi connectivity index (χ3v) is 5.51. The Kier molecular flexibility index (Phi) is 4.76. The van der Waals surface area contributed by atoms with Crippen LogP contribution in [0.5, 0.6) is 5.88 Å². The second-order valence-corrected chi connectivity index (χ2v) is 7.47. The molecule has 8 heteroatoms. The molecule has 1 N–H and O–H groups in total. The number of rotatable bonds is 4. The summed E-state index contributed by atoms with van der Waals surface area (Å²) in [6.45, 7) is 2.06. The predicted octanol–water partition coefficient (Wildman–Crippen LogP) is 3.11. The molecule has 0 spiro atoms. The molecule has 0 amide bonds. The zero-order valence-corrected chi connectivity index (χ0v) is 15.7. The highest BCUT2D eigenvalue weighted by molar-refractivity contribution is 7.13. The number of nitrogens with one attached hydrogen (secondary N) is 1. The van der Waals surface area contributed by atoms with Gasteiger partial charge in [0.2, 0.25) is 5.88 Å². The summed E-state index contributed by atoms with van der Waals surface area (Å²) in [6.07, 6.45) is 2.50. The van der Waals surface area contributed by atoms with Gasteiger partial charge in [-0.1, -0.05) is 17.7 Å². The van der Waals surface area contributed by atoms with Gasteiger partial charge in [0.25, 0.3) is 5.56 Å². The van der Waals surface area contributed by atoms with E-state index in [1.807, 2.05) is 23.6 Å². The number of halogens is 1. The molecule has 3 aromatic rings. The van der Waals surface area contributed by atoms with E-state index in [4.69, 9.17) is 16.3 Å². The maximum atomic E-state index is 12.5. The van der Waals surface area contributed by atoms with Crippen LogP contribution in [0.15, 0.2) is 34.6 Å². The monoisotopic (exact) mass is 388 g/mol. The van der Waals surface area contributed by atoms with Crippen LogP contribution in [0.1, 0.15) is 16.8 Å². The number of ether oxygens (including phenoxy) is 1. The van der Waals surface area contributed by atoms with Gasteiger partial charge in [0.05, 0.1) is 23.2 Å². The SMILES string of the molecule is COc1ncc(CN2CCc3nc(-c4cccs4)[nH]c(=O)c3C2)cc1Cl. The Morgan fingerprint density at radius 2 is 2.35 bits per heavy atom. The van der Waals surface area contributed by atoms with Crippen LogP contribution >= 0.6 is 22.9 Å². The first kappa shape index (κ1) is 17.2. The first-order valence-electron chi connectivity index (χ1n) is 8.21. The van der Waals surface area contributed by atoms with Crippen molar-refractivity contribution in [2.24, 2.45) is 0 Å². The highest BCUT2D eigenvalue weighted by Gasteiger charge is 2.22. The van der Waals surface area contributed by atoms with E-state index in [2.05, 4.69) is 19.9 Å². The third kappa shape index (κ3) is 3.38. The molecule has 0 atom stereocenters. The van der Waals surface area contributed by atoms with Gasteiger partial charge in [-0.3, -0.25) is 9.69 Å². The molecule has 6 nitrogen and oxygen atoms in total. The van der Waals surface area contributed by atoms with Gasteiger partial charge in [0, 0.05) is 32.3 Å². The fourth-order valence-electron chi connectivity index (χ4n) is 3.11. The van der Waals surface area contributed by atoms with Gasteiger partial charge in [0.1, 0.15) is 5.02 Å². The van der Waals surface area contributed by atoms with Crippen LogP contribution in [0.25, 0.3) is 10.7 Å². The molecule has 26 heavy (non-hydrogen) atoms. The zero-order valence-electron chi connectivity index (χ0n) is 14.2. The number of hydrogen-bond acceptors (Lipinski definition) is 6.